The number of H-pyrrole nitrogens is 1. The Morgan fingerprint density at radius 3 is 2.53 bits per heavy atom. The summed E-state index contributed by atoms with van der Waals surface area (Å²) in [6.45, 7) is 0.268. The van der Waals surface area contributed by atoms with Crippen LogP contribution in [0.1, 0.15) is 11.1 Å². The number of hydrogen-bond acceptors (Lipinski definition) is 7. The van der Waals surface area contributed by atoms with E-state index >= 15 is 0 Å². The first kappa shape index (κ1) is 21.0. The van der Waals surface area contributed by atoms with Crippen molar-refractivity contribution in [2.45, 2.75) is 6.54 Å². The fourth-order valence-corrected chi connectivity index (χ4v) is 3.22. The SMILES string of the molecule is Cn1c(=O)[nH]c(=O)c2c1nc(NN=Cc1ccc([N+](=O)[O-])cc1)n2Cc1ccc(Cl)cc1. The predicted molar refractivity (Wildman–Crippen MR) is 120 cm³/mol. The van der Waals surface area contributed by atoms with E-state index in [4.69, 9.17) is 11.6 Å². The van der Waals surface area contributed by atoms with Gasteiger partial charge in [-0.15, -0.1) is 0 Å². The number of aromatic nitrogens is 4. The lowest BCUT2D eigenvalue weighted by Crippen LogP contribution is -2.29. The first-order valence-electron chi connectivity index (χ1n) is 9.31. The molecule has 0 bridgehead atoms. The zero-order valence-electron chi connectivity index (χ0n) is 16.7. The second-order valence-electron chi connectivity index (χ2n) is 6.86. The van der Waals surface area contributed by atoms with Gasteiger partial charge in [0.2, 0.25) is 5.95 Å². The lowest BCUT2D eigenvalue weighted by atomic mass is 10.2. The molecule has 2 aromatic heterocycles. The normalized spacial score (nSPS) is 11.3. The number of halogens is 1. The number of benzene rings is 2. The van der Waals surface area contributed by atoms with Crippen LogP contribution in [0.5, 0.6) is 0 Å². The van der Waals surface area contributed by atoms with Crippen molar-refractivity contribution in [3.63, 3.8) is 0 Å². The van der Waals surface area contributed by atoms with Gasteiger partial charge in [0.1, 0.15) is 0 Å². The molecule has 0 unspecified atom stereocenters. The average molecular weight is 454 g/mol. The summed E-state index contributed by atoms with van der Waals surface area (Å²) in [5.74, 6) is 0.236. The topological polar surface area (TPSA) is 140 Å². The summed E-state index contributed by atoms with van der Waals surface area (Å²) < 4.78 is 2.84. The van der Waals surface area contributed by atoms with Crippen molar-refractivity contribution in [3.05, 3.63) is 95.6 Å². The smallest absolute Gasteiger partial charge is 0.298 e. The maximum atomic E-state index is 12.5. The van der Waals surface area contributed by atoms with Crippen LogP contribution in [-0.2, 0) is 13.6 Å². The minimum absolute atomic E-state index is 0.0278. The second kappa shape index (κ2) is 8.47. The van der Waals surface area contributed by atoms with E-state index in [0.29, 0.717) is 10.6 Å². The number of hydrogen-bond donors (Lipinski definition) is 2. The third kappa shape index (κ3) is 4.14. The summed E-state index contributed by atoms with van der Waals surface area (Å²) in [6, 6.07) is 12.9. The van der Waals surface area contributed by atoms with Crippen LogP contribution in [-0.4, -0.2) is 30.2 Å². The van der Waals surface area contributed by atoms with Crippen molar-refractivity contribution in [2.75, 3.05) is 5.43 Å². The molecule has 0 fully saturated rings. The van der Waals surface area contributed by atoms with Gasteiger partial charge in [-0.1, -0.05) is 23.7 Å². The zero-order chi connectivity index (χ0) is 22.8. The number of imidazole rings is 1. The molecule has 4 rings (SSSR count). The van der Waals surface area contributed by atoms with Crippen LogP contribution >= 0.6 is 11.6 Å². The molecule has 0 amide bonds. The molecule has 0 saturated heterocycles. The summed E-state index contributed by atoms with van der Waals surface area (Å²) in [5.41, 5.74) is 3.47. The number of aryl methyl sites for hydroxylation is 1. The molecule has 0 saturated carbocycles. The molecule has 0 spiro atoms. The summed E-state index contributed by atoms with van der Waals surface area (Å²) in [5, 5.41) is 15.5. The van der Waals surface area contributed by atoms with Crippen LogP contribution in [0.15, 0.2) is 63.2 Å². The monoisotopic (exact) mass is 453 g/mol. The number of rotatable bonds is 6. The molecule has 12 heteroatoms. The number of anilines is 1. The molecule has 0 atom stereocenters. The first-order chi connectivity index (χ1) is 15.3. The van der Waals surface area contributed by atoms with Gasteiger partial charge >= 0.3 is 5.69 Å². The Labute approximate surface area is 184 Å². The van der Waals surface area contributed by atoms with Crippen LogP contribution in [0.4, 0.5) is 11.6 Å². The Morgan fingerprint density at radius 1 is 1.19 bits per heavy atom. The maximum absolute atomic E-state index is 12.5. The molecular weight excluding hydrogens is 438 g/mol. The number of fused-ring (bicyclic) bond motifs is 1. The highest BCUT2D eigenvalue weighted by molar-refractivity contribution is 6.30. The molecule has 2 aromatic carbocycles. The van der Waals surface area contributed by atoms with Gasteiger partial charge < -0.3 is 0 Å². The second-order valence-corrected chi connectivity index (χ2v) is 7.29. The number of nitrogens with one attached hydrogen (secondary N) is 2. The lowest BCUT2D eigenvalue weighted by Gasteiger charge is -2.08. The van der Waals surface area contributed by atoms with E-state index < -0.39 is 16.2 Å². The van der Waals surface area contributed by atoms with Gasteiger partial charge in [-0.3, -0.25) is 29.0 Å². The van der Waals surface area contributed by atoms with Crippen LogP contribution in [0, 0.1) is 10.1 Å². The van der Waals surface area contributed by atoms with Gasteiger partial charge in [0, 0.05) is 24.2 Å². The van der Waals surface area contributed by atoms with E-state index in [0.717, 1.165) is 5.56 Å². The van der Waals surface area contributed by atoms with Crippen molar-refractivity contribution in [1.29, 1.82) is 0 Å². The van der Waals surface area contributed by atoms with Crippen LogP contribution in [0.2, 0.25) is 5.02 Å². The maximum Gasteiger partial charge on any atom is 0.329 e. The highest BCUT2D eigenvalue weighted by Crippen LogP contribution is 2.19. The summed E-state index contributed by atoms with van der Waals surface area (Å²) in [7, 11) is 1.50. The molecule has 4 aromatic rings. The third-order valence-corrected chi connectivity index (χ3v) is 5.00. The number of aromatic amines is 1. The first-order valence-corrected chi connectivity index (χ1v) is 9.69. The number of nitro benzene ring substituents is 1. The van der Waals surface area contributed by atoms with Gasteiger partial charge in [0.05, 0.1) is 17.7 Å². The highest BCUT2D eigenvalue weighted by atomic mass is 35.5. The van der Waals surface area contributed by atoms with Gasteiger partial charge in [0.15, 0.2) is 11.2 Å². The number of nitro groups is 1. The minimum atomic E-state index is -0.584. The lowest BCUT2D eigenvalue weighted by molar-refractivity contribution is -0.384. The number of hydrazone groups is 1. The number of non-ortho nitro benzene ring substituents is 1. The van der Waals surface area contributed by atoms with E-state index in [1.54, 1.807) is 28.8 Å². The van der Waals surface area contributed by atoms with Crippen molar-refractivity contribution < 1.29 is 4.92 Å². The Hall–Kier alpha value is -4.25. The van der Waals surface area contributed by atoms with Crippen molar-refractivity contribution in [1.82, 2.24) is 19.1 Å². The molecule has 0 aliphatic carbocycles. The van der Waals surface area contributed by atoms with Gasteiger partial charge in [-0.05, 0) is 35.4 Å². The highest BCUT2D eigenvalue weighted by Gasteiger charge is 2.17. The number of nitrogens with zero attached hydrogens (tertiary/aromatic N) is 5. The van der Waals surface area contributed by atoms with Gasteiger partial charge in [-0.2, -0.15) is 10.1 Å². The summed E-state index contributed by atoms with van der Waals surface area (Å²) >= 11 is 5.96. The summed E-state index contributed by atoms with van der Waals surface area (Å²) in [4.78, 5) is 41.5. The van der Waals surface area contributed by atoms with Crippen LogP contribution in [0.25, 0.3) is 11.2 Å². The molecule has 0 aliphatic heterocycles. The van der Waals surface area contributed by atoms with Crippen LogP contribution < -0.4 is 16.7 Å². The molecule has 2 heterocycles. The molecule has 2 N–H and O–H groups in total. The van der Waals surface area contributed by atoms with E-state index in [-0.39, 0.29) is 29.3 Å². The summed E-state index contributed by atoms with van der Waals surface area (Å²) in [6.07, 6.45) is 1.46. The van der Waals surface area contributed by atoms with E-state index in [1.807, 2.05) is 12.1 Å². The standard InChI is InChI=1S/C20H16ClN7O4/c1-26-17-16(18(29)24-20(26)30)27(11-13-2-6-14(21)7-3-13)19(23-17)25-22-10-12-4-8-15(9-5-12)28(31)32/h2-10H,11H2,1H3,(H,23,25)(H,24,29,30). The van der Waals surface area contributed by atoms with E-state index in [9.17, 15) is 19.7 Å². The minimum Gasteiger partial charge on any atom is -0.298 e. The molecular formula is C20H16ClN7O4. The Kier molecular flexibility index (Phi) is 5.56. The van der Waals surface area contributed by atoms with E-state index in [2.05, 4.69) is 20.5 Å². The largest absolute Gasteiger partial charge is 0.329 e. The fourth-order valence-electron chi connectivity index (χ4n) is 3.09. The van der Waals surface area contributed by atoms with Crippen LogP contribution in [0.3, 0.4) is 0 Å². The van der Waals surface area contributed by atoms with Gasteiger partial charge in [-0.25, -0.2) is 10.2 Å². The van der Waals surface area contributed by atoms with E-state index in [1.165, 1.54) is 30.0 Å². The third-order valence-electron chi connectivity index (χ3n) is 4.74. The molecule has 162 valence electrons. The zero-order valence-corrected chi connectivity index (χ0v) is 17.4. The molecule has 11 nitrogen and oxygen atoms in total. The molecule has 0 aliphatic rings. The Bertz CT molecular complexity index is 1450. The fraction of sp³-hybridized carbons (Fsp3) is 0.100. The van der Waals surface area contributed by atoms with Crippen molar-refractivity contribution in [3.8, 4) is 0 Å². The molecule has 0 radical (unpaired) electrons. The Morgan fingerprint density at radius 2 is 1.88 bits per heavy atom. The van der Waals surface area contributed by atoms with Gasteiger partial charge in [0.25, 0.3) is 11.2 Å². The quantitative estimate of drug-likeness (QED) is 0.261. The molecule has 32 heavy (non-hydrogen) atoms. The predicted octanol–water partition coefficient (Wildman–Crippen LogP) is 2.48. The van der Waals surface area contributed by atoms with Crippen molar-refractivity contribution >= 4 is 40.6 Å². The van der Waals surface area contributed by atoms with Crippen molar-refractivity contribution in [2.24, 2.45) is 12.1 Å². The Balaban J connectivity index is 1.72. The average Bonchev–Trinajstić information content (AvgIpc) is 3.13.